The van der Waals surface area contributed by atoms with Crippen LogP contribution in [-0.4, -0.2) is 17.0 Å². The number of fused-ring (bicyclic) bond motifs is 5. The molecule has 0 saturated carbocycles. The topological polar surface area (TPSA) is 16.4 Å². The fraction of sp³-hybridized carbons (Fsp3) is 0.277. The number of aryl methyl sites for hydroxylation is 1. The molecule has 0 bridgehead atoms. The maximum Gasteiger partial charge on any atom is 0.135 e. The zero-order valence-corrected chi connectivity index (χ0v) is 28.8. The molecular weight excluding hydrogens is 595 g/mol. The van der Waals surface area contributed by atoms with E-state index in [-0.39, 0.29) is 5.54 Å². The molecule has 49 heavy (non-hydrogen) atoms. The summed E-state index contributed by atoms with van der Waals surface area (Å²) in [5.41, 5.74) is 12.2. The maximum atomic E-state index is 6.30. The number of furan rings is 1. The standard InChI is InChI=1S/C47H45NO/c1-32-18-21-36-11-4-6-14-40(36)46(32)37-22-19-33(20-23-37)31-48(43-16-9-12-35-10-3-5-13-39(35)43)47(2)28-26-34(27-29-47)38-24-25-42-41-15-7-8-17-44(41)49-45(42)30-38/h3-6,8-14,17,19,21-22,24-28,30,32,43H,7,15-16,18,20,23,29,31H2,1-2H3/t32?,43-,47-/m1/s1. The number of rotatable bonds is 6. The van der Waals surface area contributed by atoms with Crippen LogP contribution < -0.4 is 10.4 Å². The minimum Gasteiger partial charge on any atom is -0.456 e. The monoisotopic (exact) mass is 639 g/mol. The van der Waals surface area contributed by atoms with Gasteiger partial charge < -0.3 is 4.42 Å². The Morgan fingerprint density at radius 1 is 0.857 bits per heavy atom. The third-order valence-corrected chi connectivity index (χ3v) is 11.8. The third-order valence-electron chi connectivity index (χ3n) is 11.8. The largest absolute Gasteiger partial charge is 0.456 e. The van der Waals surface area contributed by atoms with Gasteiger partial charge in [0, 0.05) is 29.1 Å². The van der Waals surface area contributed by atoms with E-state index in [2.05, 4.69) is 146 Å². The summed E-state index contributed by atoms with van der Waals surface area (Å²) in [5.74, 6) is 1.59. The Labute approximate surface area is 290 Å². The summed E-state index contributed by atoms with van der Waals surface area (Å²) in [7, 11) is 0. The van der Waals surface area contributed by atoms with Crippen molar-refractivity contribution in [2.24, 2.45) is 5.92 Å². The average Bonchev–Trinajstić information content (AvgIpc) is 3.52. The first kappa shape index (κ1) is 30.4. The molecule has 3 aromatic carbocycles. The molecule has 2 nitrogen and oxygen atoms in total. The second-order valence-corrected chi connectivity index (χ2v) is 14.9. The van der Waals surface area contributed by atoms with E-state index in [1.165, 1.54) is 54.8 Å². The fourth-order valence-electron chi connectivity index (χ4n) is 9.02. The molecule has 4 aromatic rings. The number of allylic oxidation sites excluding steroid dienone is 6. The number of nitrogens with zero attached hydrogens (tertiary/aromatic N) is 1. The Balaban J connectivity index is 1.04. The molecule has 1 aromatic heterocycles. The van der Waals surface area contributed by atoms with Crippen molar-refractivity contribution in [2.45, 2.75) is 70.4 Å². The van der Waals surface area contributed by atoms with Gasteiger partial charge in [-0.1, -0.05) is 128 Å². The lowest BCUT2D eigenvalue weighted by atomic mass is 9.80. The summed E-state index contributed by atoms with van der Waals surface area (Å²) in [4.78, 5) is 2.81. The van der Waals surface area contributed by atoms with Crippen molar-refractivity contribution in [2.75, 3.05) is 6.54 Å². The van der Waals surface area contributed by atoms with Crippen molar-refractivity contribution in [3.63, 3.8) is 0 Å². The molecular formula is C47H45NO. The fourth-order valence-corrected chi connectivity index (χ4v) is 9.02. The highest BCUT2D eigenvalue weighted by Gasteiger charge is 2.37. The van der Waals surface area contributed by atoms with Crippen LogP contribution in [0, 0.1) is 5.92 Å². The summed E-state index contributed by atoms with van der Waals surface area (Å²) in [5, 5.41) is 4.09. The molecule has 1 unspecified atom stereocenters. The van der Waals surface area contributed by atoms with E-state index in [1.54, 1.807) is 5.57 Å². The lowest BCUT2D eigenvalue weighted by Gasteiger charge is -2.47. The number of benzene rings is 3. The second-order valence-electron chi connectivity index (χ2n) is 14.9. The Morgan fingerprint density at radius 3 is 2.63 bits per heavy atom. The van der Waals surface area contributed by atoms with E-state index in [0.717, 1.165) is 62.8 Å². The van der Waals surface area contributed by atoms with Crippen LogP contribution in [0.2, 0.25) is 0 Å². The molecule has 0 fully saturated rings. The van der Waals surface area contributed by atoms with Gasteiger partial charge in [-0.25, -0.2) is 0 Å². The molecule has 0 aliphatic heterocycles. The van der Waals surface area contributed by atoms with Gasteiger partial charge in [0.05, 0.1) is 0 Å². The number of hydrogen-bond acceptors (Lipinski definition) is 2. The predicted molar refractivity (Wildman–Crippen MR) is 206 cm³/mol. The van der Waals surface area contributed by atoms with E-state index in [0.29, 0.717) is 12.0 Å². The van der Waals surface area contributed by atoms with Crippen molar-refractivity contribution in [1.29, 1.82) is 0 Å². The van der Waals surface area contributed by atoms with Gasteiger partial charge >= 0.3 is 0 Å². The van der Waals surface area contributed by atoms with Crippen LogP contribution in [0.4, 0.5) is 0 Å². The van der Waals surface area contributed by atoms with Gasteiger partial charge in [-0.05, 0) is 114 Å². The zero-order valence-electron chi connectivity index (χ0n) is 28.8. The van der Waals surface area contributed by atoms with Crippen molar-refractivity contribution in [3.8, 4) is 0 Å². The molecule has 3 atom stereocenters. The molecule has 0 amide bonds. The summed E-state index contributed by atoms with van der Waals surface area (Å²) in [6.07, 6.45) is 31.2. The van der Waals surface area contributed by atoms with Crippen LogP contribution in [0.3, 0.4) is 0 Å². The van der Waals surface area contributed by atoms with Crippen LogP contribution >= 0.6 is 0 Å². The molecule has 5 aliphatic rings. The summed E-state index contributed by atoms with van der Waals surface area (Å²) in [6.45, 7) is 5.81. The van der Waals surface area contributed by atoms with Crippen molar-refractivity contribution >= 4 is 40.3 Å². The first-order chi connectivity index (χ1) is 24.0. The van der Waals surface area contributed by atoms with Crippen LogP contribution in [0.1, 0.15) is 86.4 Å². The van der Waals surface area contributed by atoms with Crippen molar-refractivity contribution in [3.05, 3.63) is 159 Å². The Hall–Kier alpha value is -4.66. The highest BCUT2D eigenvalue weighted by atomic mass is 16.3. The minimum atomic E-state index is -0.114. The van der Waals surface area contributed by atoms with Gasteiger partial charge in [-0.2, -0.15) is 0 Å². The molecule has 0 radical (unpaired) electrons. The molecule has 1 heterocycles. The third kappa shape index (κ3) is 5.47. The molecule has 0 spiro atoms. The summed E-state index contributed by atoms with van der Waals surface area (Å²) < 4.78 is 6.30. The second kappa shape index (κ2) is 12.3. The Kier molecular flexibility index (Phi) is 7.66. The SMILES string of the molecule is CC1CC=c2ccccc2=C1C1=CC=C(CN([C@@H]2CC=Cc3ccccc32)[C@]2(C)C=CC(c3ccc4c5c(oc4c3)C=CCC5)=CC2)CC1. The summed E-state index contributed by atoms with van der Waals surface area (Å²) in [6, 6.07) is 25.1. The highest BCUT2D eigenvalue weighted by molar-refractivity contribution is 5.89. The lowest BCUT2D eigenvalue weighted by molar-refractivity contribution is 0.101. The molecule has 2 heteroatoms. The first-order valence-corrected chi connectivity index (χ1v) is 18.4. The summed E-state index contributed by atoms with van der Waals surface area (Å²) >= 11 is 0. The first-order valence-electron chi connectivity index (χ1n) is 18.4. The van der Waals surface area contributed by atoms with Gasteiger partial charge in [0.15, 0.2) is 0 Å². The van der Waals surface area contributed by atoms with Crippen LogP contribution in [0.15, 0.2) is 125 Å². The van der Waals surface area contributed by atoms with E-state index >= 15 is 0 Å². The average molecular weight is 640 g/mol. The van der Waals surface area contributed by atoms with Gasteiger partial charge in [-0.15, -0.1) is 0 Å². The van der Waals surface area contributed by atoms with Gasteiger partial charge in [-0.3, -0.25) is 4.90 Å². The van der Waals surface area contributed by atoms with Crippen LogP contribution in [-0.2, 0) is 6.42 Å². The lowest BCUT2D eigenvalue weighted by Crippen LogP contribution is -2.48. The van der Waals surface area contributed by atoms with Gasteiger partial charge in [0.25, 0.3) is 0 Å². The molecule has 0 N–H and O–H groups in total. The highest BCUT2D eigenvalue weighted by Crippen LogP contribution is 2.43. The molecule has 0 saturated heterocycles. The van der Waals surface area contributed by atoms with E-state index in [1.807, 2.05) is 0 Å². The molecule has 9 rings (SSSR count). The number of hydrogen-bond donors (Lipinski definition) is 0. The van der Waals surface area contributed by atoms with Crippen molar-refractivity contribution in [1.82, 2.24) is 4.90 Å². The Bertz CT molecular complexity index is 2280. The Morgan fingerprint density at radius 2 is 1.76 bits per heavy atom. The smallest absolute Gasteiger partial charge is 0.135 e. The van der Waals surface area contributed by atoms with Crippen molar-refractivity contribution < 1.29 is 4.42 Å². The van der Waals surface area contributed by atoms with Gasteiger partial charge in [0.1, 0.15) is 11.3 Å². The van der Waals surface area contributed by atoms with E-state index < -0.39 is 0 Å². The van der Waals surface area contributed by atoms with Crippen LogP contribution in [0.25, 0.3) is 40.3 Å². The zero-order chi connectivity index (χ0) is 33.0. The van der Waals surface area contributed by atoms with Gasteiger partial charge in [0.2, 0.25) is 0 Å². The molecule has 244 valence electrons. The van der Waals surface area contributed by atoms with Crippen LogP contribution in [0.5, 0.6) is 0 Å². The molecule has 5 aliphatic carbocycles. The maximum absolute atomic E-state index is 6.30. The minimum absolute atomic E-state index is 0.114. The van der Waals surface area contributed by atoms with E-state index in [4.69, 9.17) is 4.42 Å². The van der Waals surface area contributed by atoms with E-state index in [9.17, 15) is 0 Å². The normalized spacial score (nSPS) is 24.1. The predicted octanol–water partition coefficient (Wildman–Crippen LogP) is 10.3. The quantitative estimate of drug-likeness (QED) is 0.209.